The summed E-state index contributed by atoms with van der Waals surface area (Å²) in [6, 6.07) is 6.62. The first-order valence-corrected chi connectivity index (χ1v) is 12.0. The van der Waals surface area contributed by atoms with Crippen LogP contribution in [0.5, 0.6) is 0 Å². The largest absolute Gasteiger partial charge is 0.411 e. The molecule has 1 aliphatic heterocycles. The van der Waals surface area contributed by atoms with Crippen molar-refractivity contribution in [3.05, 3.63) is 24.3 Å². The van der Waals surface area contributed by atoms with Crippen molar-refractivity contribution in [1.29, 1.82) is 0 Å². The minimum absolute atomic E-state index is 0.132. The van der Waals surface area contributed by atoms with Gasteiger partial charge in [0.15, 0.2) is 0 Å². The van der Waals surface area contributed by atoms with Crippen LogP contribution in [0.1, 0.15) is 44.9 Å². The molecule has 1 saturated carbocycles. The summed E-state index contributed by atoms with van der Waals surface area (Å²) in [7, 11) is -3.52. The van der Waals surface area contributed by atoms with Crippen LogP contribution in [0.25, 0.3) is 11.5 Å². The van der Waals surface area contributed by atoms with Crippen LogP contribution in [0.4, 0.5) is 0 Å². The van der Waals surface area contributed by atoms with E-state index in [1.165, 1.54) is 11.8 Å². The van der Waals surface area contributed by atoms with E-state index in [1.807, 2.05) is 0 Å². The fourth-order valence-electron chi connectivity index (χ4n) is 3.62. The molecule has 150 valence electrons. The van der Waals surface area contributed by atoms with Gasteiger partial charge >= 0.3 is 0 Å². The maximum atomic E-state index is 12.9. The third-order valence-electron chi connectivity index (χ3n) is 5.18. The molecule has 1 aromatic carbocycles. The molecular formula is C19H23N3O4S2. The van der Waals surface area contributed by atoms with E-state index in [0.717, 1.165) is 38.5 Å². The second kappa shape index (κ2) is 8.34. The molecule has 0 amide bonds. The number of carbonyl (C=O) groups excluding carboxylic acids is 1. The van der Waals surface area contributed by atoms with Gasteiger partial charge in [0.05, 0.1) is 10.1 Å². The molecule has 0 spiro atoms. The predicted molar refractivity (Wildman–Crippen MR) is 105 cm³/mol. The molecule has 2 fully saturated rings. The monoisotopic (exact) mass is 421 g/mol. The highest BCUT2D eigenvalue weighted by Crippen LogP contribution is 2.33. The van der Waals surface area contributed by atoms with E-state index in [1.54, 1.807) is 28.6 Å². The zero-order valence-corrected chi connectivity index (χ0v) is 17.2. The van der Waals surface area contributed by atoms with Crippen molar-refractivity contribution in [3.8, 4) is 11.5 Å². The Morgan fingerprint density at radius 3 is 2.68 bits per heavy atom. The Kier molecular flexibility index (Phi) is 5.84. The minimum Gasteiger partial charge on any atom is -0.411 e. The molecule has 0 N–H and O–H groups in total. The smallest absolute Gasteiger partial charge is 0.277 e. The van der Waals surface area contributed by atoms with Gasteiger partial charge in [0.2, 0.25) is 15.9 Å². The van der Waals surface area contributed by atoms with Crippen molar-refractivity contribution >= 4 is 27.6 Å². The number of hydrogen-bond acceptors (Lipinski definition) is 7. The Morgan fingerprint density at radius 2 is 1.89 bits per heavy atom. The summed E-state index contributed by atoms with van der Waals surface area (Å²) < 4.78 is 33.0. The van der Waals surface area contributed by atoms with Crippen molar-refractivity contribution < 1.29 is 17.6 Å². The summed E-state index contributed by atoms with van der Waals surface area (Å²) in [6.45, 7) is 1.12. The molecule has 0 radical (unpaired) electrons. The van der Waals surface area contributed by atoms with E-state index in [9.17, 15) is 13.2 Å². The number of nitrogens with zero attached hydrogens (tertiary/aromatic N) is 3. The first-order chi connectivity index (χ1) is 13.5. The Labute approximate surface area is 168 Å². The Hall–Kier alpha value is -1.71. The Balaban J connectivity index is 1.53. The Morgan fingerprint density at radius 1 is 1.07 bits per heavy atom. The fraction of sp³-hybridized carbons (Fsp3) is 0.526. The maximum Gasteiger partial charge on any atom is 0.277 e. The summed E-state index contributed by atoms with van der Waals surface area (Å²) in [4.78, 5) is 12.2. The molecule has 1 aromatic heterocycles. The number of carbonyl (C=O) groups is 1. The zero-order chi connectivity index (χ0) is 19.6. The summed E-state index contributed by atoms with van der Waals surface area (Å²) in [5, 5.41) is 8.31. The Bertz CT molecular complexity index is 952. The van der Waals surface area contributed by atoms with Crippen LogP contribution in [0, 0.1) is 0 Å². The van der Waals surface area contributed by atoms with E-state index in [4.69, 9.17) is 4.42 Å². The number of Topliss-reactive ketones (excluding diaryl/α,β-unsaturated/α-hetero) is 1. The van der Waals surface area contributed by atoms with E-state index in [2.05, 4.69) is 10.2 Å². The number of sulfonamides is 1. The second-order valence-corrected chi connectivity index (χ2v) is 10.3. The summed E-state index contributed by atoms with van der Waals surface area (Å²) in [5.74, 6) is 0.493. The lowest BCUT2D eigenvalue weighted by molar-refractivity contribution is -0.119. The number of piperidine rings is 1. The van der Waals surface area contributed by atoms with Gasteiger partial charge in [0.25, 0.3) is 5.22 Å². The molecule has 0 unspecified atom stereocenters. The van der Waals surface area contributed by atoms with Crippen LogP contribution < -0.4 is 0 Å². The van der Waals surface area contributed by atoms with Crippen LogP contribution in [-0.4, -0.2) is 47.0 Å². The van der Waals surface area contributed by atoms with E-state index in [-0.39, 0.29) is 21.8 Å². The van der Waals surface area contributed by atoms with Crippen molar-refractivity contribution in [2.75, 3.05) is 13.1 Å². The minimum atomic E-state index is -3.52. The number of thioether (sulfide) groups is 1. The summed E-state index contributed by atoms with van der Waals surface area (Å²) in [5.41, 5.74) is 0.562. The highest BCUT2D eigenvalue weighted by Gasteiger charge is 2.27. The molecule has 1 atom stereocenters. The van der Waals surface area contributed by atoms with Gasteiger partial charge in [0.1, 0.15) is 5.78 Å². The van der Waals surface area contributed by atoms with E-state index < -0.39 is 10.0 Å². The normalized spacial score (nSPS) is 21.7. The SMILES string of the molecule is O=C1CCCC[C@H]1Sc1nnc(-c2cccc(S(=O)(=O)N3CCCCC3)c2)o1. The molecule has 4 rings (SSSR count). The van der Waals surface area contributed by atoms with Crippen molar-refractivity contribution in [2.24, 2.45) is 0 Å². The molecule has 9 heteroatoms. The molecule has 1 aliphatic carbocycles. The van der Waals surface area contributed by atoms with Gasteiger partial charge in [-0.05, 0) is 43.9 Å². The number of hydrogen-bond donors (Lipinski definition) is 0. The first-order valence-electron chi connectivity index (χ1n) is 9.67. The standard InChI is InChI=1S/C19H23N3O4S2/c23-16-9-2-3-10-17(16)27-19-21-20-18(26-19)14-7-6-8-15(13-14)28(24,25)22-11-4-1-5-12-22/h6-8,13,17H,1-5,9-12H2/t17-/m1/s1. The molecule has 2 aliphatic rings. The lowest BCUT2D eigenvalue weighted by atomic mass is 9.99. The molecule has 2 heterocycles. The average molecular weight is 422 g/mol. The topological polar surface area (TPSA) is 93.4 Å². The van der Waals surface area contributed by atoms with Crippen LogP contribution >= 0.6 is 11.8 Å². The molecule has 2 aromatic rings. The lowest BCUT2D eigenvalue weighted by Gasteiger charge is -2.25. The van der Waals surface area contributed by atoms with Gasteiger partial charge in [-0.25, -0.2) is 8.42 Å². The average Bonchev–Trinajstić information content (AvgIpc) is 3.19. The second-order valence-electron chi connectivity index (χ2n) is 7.18. The van der Waals surface area contributed by atoms with Crippen LogP contribution in [0.15, 0.2) is 38.8 Å². The number of rotatable bonds is 5. The number of aromatic nitrogens is 2. The first kappa shape index (κ1) is 19.6. The maximum absolute atomic E-state index is 12.9. The quantitative estimate of drug-likeness (QED) is 0.729. The van der Waals surface area contributed by atoms with Gasteiger partial charge in [-0.3, -0.25) is 4.79 Å². The van der Waals surface area contributed by atoms with E-state index >= 15 is 0 Å². The molecular weight excluding hydrogens is 398 g/mol. The van der Waals surface area contributed by atoms with E-state index in [0.29, 0.717) is 30.3 Å². The molecule has 7 nitrogen and oxygen atoms in total. The predicted octanol–water partition coefficient (Wildman–Crippen LogP) is 3.52. The zero-order valence-electron chi connectivity index (χ0n) is 15.5. The molecule has 0 bridgehead atoms. The summed E-state index contributed by atoms with van der Waals surface area (Å²) in [6.07, 6.45) is 6.26. The molecule has 28 heavy (non-hydrogen) atoms. The summed E-state index contributed by atoms with van der Waals surface area (Å²) >= 11 is 1.30. The van der Waals surface area contributed by atoms with Crippen molar-refractivity contribution in [3.63, 3.8) is 0 Å². The molecule has 1 saturated heterocycles. The van der Waals surface area contributed by atoms with Gasteiger partial charge in [-0.2, -0.15) is 4.31 Å². The van der Waals surface area contributed by atoms with Gasteiger partial charge < -0.3 is 4.42 Å². The van der Waals surface area contributed by atoms with Crippen LogP contribution in [0.2, 0.25) is 0 Å². The number of ketones is 1. The van der Waals surface area contributed by atoms with Gasteiger partial charge in [0, 0.05) is 25.1 Å². The number of benzene rings is 1. The lowest BCUT2D eigenvalue weighted by Crippen LogP contribution is -2.35. The third-order valence-corrected chi connectivity index (χ3v) is 8.23. The van der Waals surface area contributed by atoms with Crippen LogP contribution in [-0.2, 0) is 14.8 Å². The van der Waals surface area contributed by atoms with Crippen LogP contribution in [0.3, 0.4) is 0 Å². The van der Waals surface area contributed by atoms with Crippen molar-refractivity contribution in [2.45, 2.75) is 60.3 Å². The highest BCUT2D eigenvalue weighted by molar-refractivity contribution is 8.00. The third kappa shape index (κ3) is 4.16. The van der Waals surface area contributed by atoms with Gasteiger partial charge in [-0.15, -0.1) is 10.2 Å². The van der Waals surface area contributed by atoms with Crippen molar-refractivity contribution in [1.82, 2.24) is 14.5 Å². The fourth-order valence-corrected chi connectivity index (χ4v) is 6.17. The highest BCUT2D eigenvalue weighted by atomic mass is 32.2. The van der Waals surface area contributed by atoms with Gasteiger partial charge in [-0.1, -0.05) is 30.7 Å².